The number of nitrogens with zero attached hydrogens (tertiary/aromatic N) is 4. The average molecular weight is 639 g/mol. The van der Waals surface area contributed by atoms with Crippen molar-refractivity contribution in [3.05, 3.63) is 182 Å². The second kappa shape index (κ2) is 11.4. The van der Waals surface area contributed by atoms with Crippen LogP contribution in [0.2, 0.25) is 0 Å². The third-order valence-corrected chi connectivity index (χ3v) is 9.78. The molecule has 0 bridgehead atoms. The van der Waals surface area contributed by atoms with E-state index in [4.69, 9.17) is 4.98 Å². The molecule has 0 amide bonds. The molecule has 234 valence electrons. The molecule has 0 aliphatic heterocycles. The molecule has 0 atom stereocenters. The molecule has 4 heterocycles. The topological polar surface area (TPSA) is 35.6 Å². The highest BCUT2D eigenvalue weighted by atomic mass is 15.0. The Kier molecular flexibility index (Phi) is 6.46. The van der Waals surface area contributed by atoms with E-state index < -0.39 is 0 Å². The van der Waals surface area contributed by atoms with Crippen molar-refractivity contribution in [1.82, 2.24) is 19.1 Å². The number of hydrogen-bond donors (Lipinski definition) is 0. The zero-order valence-electron chi connectivity index (χ0n) is 27.1. The van der Waals surface area contributed by atoms with E-state index in [9.17, 15) is 0 Å². The molecule has 0 radical (unpaired) electrons. The highest BCUT2D eigenvalue weighted by molar-refractivity contribution is 6.19. The Morgan fingerprint density at radius 1 is 0.320 bits per heavy atom. The molecular formula is C46H30N4. The summed E-state index contributed by atoms with van der Waals surface area (Å²) in [6.07, 6.45) is 3.63. The van der Waals surface area contributed by atoms with Crippen LogP contribution in [0.1, 0.15) is 0 Å². The van der Waals surface area contributed by atoms with Crippen molar-refractivity contribution >= 4 is 43.6 Å². The van der Waals surface area contributed by atoms with Crippen LogP contribution in [-0.2, 0) is 0 Å². The van der Waals surface area contributed by atoms with E-state index in [0.29, 0.717) is 0 Å². The third-order valence-electron chi connectivity index (χ3n) is 9.78. The Morgan fingerprint density at radius 3 is 1.56 bits per heavy atom. The molecule has 50 heavy (non-hydrogen) atoms. The largest absolute Gasteiger partial charge is 0.309 e. The maximum absolute atomic E-state index is 5.17. The van der Waals surface area contributed by atoms with Crippen molar-refractivity contribution in [1.29, 1.82) is 0 Å². The third kappa shape index (κ3) is 4.54. The van der Waals surface area contributed by atoms with Crippen LogP contribution in [-0.4, -0.2) is 19.1 Å². The van der Waals surface area contributed by atoms with Gasteiger partial charge in [-0.05, 0) is 90.0 Å². The van der Waals surface area contributed by atoms with E-state index in [1.54, 1.807) is 0 Å². The standard InChI is InChI=1S/C46H30N4/c1-3-12-31(13-4-1)33-26-34(42-19-11-18-41(48-42)32-22-24-47-25-23-32)28-36(27-33)50-44-21-10-8-17-38(44)40-29-39-37-16-7-9-20-43(37)49(45(39)30-46(40)50)35-14-5-2-6-15-35/h1-30H. The molecule has 6 aromatic carbocycles. The summed E-state index contributed by atoms with van der Waals surface area (Å²) in [5, 5.41) is 4.95. The second-order valence-corrected chi connectivity index (χ2v) is 12.7. The van der Waals surface area contributed by atoms with Crippen molar-refractivity contribution in [2.45, 2.75) is 0 Å². The minimum Gasteiger partial charge on any atom is -0.309 e. The first-order valence-electron chi connectivity index (χ1n) is 16.9. The van der Waals surface area contributed by atoms with Gasteiger partial charge in [-0.15, -0.1) is 0 Å². The molecule has 0 spiro atoms. The summed E-state index contributed by atoms with van der Waals surface area (Å²) < 4.78 is 4.83. The van der Waals surface area contributed by atoms with Gasteiger partial charge in [0.1, 0.15) is 0 Å². The molecule has 0 saturated carbocycles. The number of pyridine rings is 2. The van der Waals surface area contributed by atoms with Gasteiger partial charge in [-0.2, -0.15) is 0 Å². The Bertz CT molecular complexity index is 2850. The molecule has 4 heteroatoms. The minimum atomic E-state index is 0.921. The first-order chi connectivity index (χ1) is 24.8. The molecule has 0 aliphatic carbocycles. The highest BCUT2D eigenvalue weighted by Crippen LogP contribution is 2.41. The number of benzene rings is 6. The van der Waals surface area contributed by atoms with E-state index in [1.807, 2.05) is 24.5 Å². The zero-order chi connectivity index (χ0) is 33.0. The molecule has 0 fully saturated rings. The van der Waals surface area contributed by atoms with Gasteiger partial charge in [-0.3, -0.25) is 4.98 Å². The van der Waals surface area contributed by atoms with Crippen LogP contribution in [0.5, 0.6) is 0 Å². The van der Waals surface area contributed by atoms with Crippen LogP contribution in [0.15, 0.2) is 182 Å². The summed E-state index contributed by atoms with van der Waals surface area (Å²) in [6, 6.07) is 60.7. The van der Waals surface area contributed by atoms with Crippen LogP contribution >= 0.6 is 0 Å². The number of para-hydroxylation sites is 3. The SMILES string of the molecule is c1ccc(-c2cc(-c3cccc(-c4ccncc4)n3)cc(-n3c4ccccc4c4cc5c6ccccc6n(-c6ccccc6)c5cc43)c2)cc1. The summed E-state index contributed by atoms with van der Waals surface area (Å²) in [5.74, 6) is 0. The van der Waals surface area contributed by atoms with Gasteiger partial charge in [-0.1, -0.05) is 91.0 Å². The van der Waals surface area contributed by atoms with Gasteiger partial charge in [0.15, 0.2) is 0 Å². The van der Waals surface area contributed by atoms with Gasteiger partial charge in [0.05, 0.1) is 33.5 Å². The summed E-state index contributed by atoms with van der Waals surface area (Å²) >= 11 is 0. The van der Waals surface area contributed by atoms with E-state index in [0.717, 1.165) is 50.5 Å². The van der Waals surface area contributed by atoms with E-state index >= 15 is 0 Å². The fraction of sp³-hybridized carbons (Fsp3) is 0. The summed E-state index contributed by atoms with van der Waals surface area (Å²) in [6.45, 7) is 0. The van der Waals surface area contributed by atoms with Crippen molar-refractivity contribution in [3.8, 4) is 45.0 Å². The van der Waals surface area contributed by atoms with Crippen molar-refractivity contribution in [2.75, 3.05) is 0 Å². The Balaban J connectivity index is 1.28. The van der Waals surface area contributed by atoms with Gasteiger partial charge >= 0.3 is 0 Å². The van der Waals surface area contributed by atoms with Gasteiger partial charge < -0.3 is 9.13 Å². The first-order valence-corrected chi connectivity index (χ1v) is 16.9. The molecule has 10 rings (SSSR count). The average Bonchev–Trinajstić information content (AvgIpc) is 3.70. The highest BCUT2D eigenvalue weighted by Gasteiger charge is 2.19. The maximum atomic E-state index is 5.17. The second-order valence-electron chi connectivity index (χ2n) is 12.7. The summed E-state index contributed by atoms with van der Waals surface area (Å²) in [4.78, 5) is 9.37. The van der Waals surface area contributed by atoms with Crippen LogP contribution in [0, 0.1) is 0 Å². The van der Waals surface area contributed by atoms with E-state index in [2.05, 4.69) is 172 Å². The molecule has 0 N–H and O–H groups in total. The maximum Gasteiger partial charge on any atom is 0.0710 e. The van der Waals surface area contributed by atoms with Gasteiger partial charge in [-0.25, -0.2) is 4.98 Å². The lowest BCUT2D eigenvalue weighted by Gasteiger charge is -2.14. The van der Waals surface area contributed by atoms with Crippen LogP contribution in [0.4, 0.5) is 0 Å². The lowest BCUT2D eigenvalue weighted by molar-refractivity contribution is 1.16. The monoisotopic (exact) mass is 638 g/mol. The number of rotatable bonds is 5. The van der Waals surface area contributed by atoms with E-state index in [-0.39, 0.29) is 0 Å². The Hall–Kier alpha value is -6.78. The van der Waals surface area contributed by atoms with Gasteiger partial charge in [0.2, 0.25) is 0 Å². The minimum absolute atomic E-state index is 0.921. The van der Waals surface area contributed by atoms with Crippen molar-refractivity contribution < 1.29 is 0 Å². The van der Waals surface area contributed by atoms with Crippen molar-refractivity contribution in [2.24, 2.45) is 0 Å². The van der Waals surface area contributed by atoms with Crippen molar-refractivity contribution in [3.63, 3.8) is 0 Å². The molecule has 4 aromatic heterocycles. The quantitative estimate of drug-likeness (QED) is 0.188. The molecule has 0 aliphatic rings. The molecule has 0 saturated heterocycles. The molecule has 4 nitrogen and oxygen atoms in total. The summed E-state index contributed by atoms with van der Waals surface area (Å²) in [5.41, 5.74) is 13.2. The molecular weight excluding hydrogens is 609 g/mol. The fourth-order valence-electron chi connectivity index (χ4n) is 7.53. The smallest absolute Gasteiger partial charge is 0.0710 e. The molecule has 10 aromatic rings. The predicted molar refractivity (Wildman–Crippen MR) is 207 cm³/mol. The van der Waals surface area contributed by atoms with Crippen LogP contribution in [0.3, 0.4) is 0 Å². The predicted octanol–water partition coefficient (Wildman–Crippen LogP) is 11.7. The zero-order valence-corrected chi connectivity index (χ0v) is 27.1. The van der Waals surface area contributed by atoms with Gasteiger partial charge in [0, 0.05) is 56.4 Å². The molecule has 0 unspecified atom stereocenters. The van der Waals surface area contributed by atoms with Crippen LogP contribution in [0.25, 0.3) is 88.6 Å². The first kappa shape index (κ1) is 28.3. The normalized spacial score (nSPS) is 11.6. The lowest BCUT2D eigenvalue weighted by atomic mass is 9.99. The Morgan fingerprint density at radius 2 is 0.880 bits per heavy atom. The summed E-state index contributed by atoms with van der Waals surface area (Å²) in [7, 11) is 0. The number of aromatic nitrogens is 4. The fourth-order valence-corrected chi connectivity index (χ4v) is 7.53. The van der Waals surface area contributed by atoms with E-state index in [1.165, 1.54) is 38.1 Å². The lowest BCUT2D eigenvalue weighted by Crippen LogP contribution is -1.98. The Labute approximate surface area is 289 Å². The van der Waals surface area contributed by atoms with Gasteiger partial charge in [0.25, 0.3) is 0 Å². The number of fused-ring (bicyclic) bond motifs is 6. The van der Waals surface area contributed by atoms with Crippen LogP contribution < -0.4 is 0 Å². The number of hydrogen-bond acceptors (Lipinski definition) is 2.